The molecule has 2 N–H and O–H groups in total. The fraction of sp³-hybridized carbons (Fsp3) is 0.348. The number of carbonyl (C=O) groups excluding carboxylic acids is 2. The van der Waals surface area contributed by atoms with Gasteiger partial charge in [0.05, 0.1) is 5.52 Å². The van der Waals surface area contributed by atoms with Crippen LogP contribution in [0.25, 0.3) is 5.52 Å². The molecule has 2 aromatic heterocycles. The van der Waals surface area contributed by atoms with Crippen molar-refractivity contribution in [3.63, 3.8) is 0 Å². The van der Waals surface area contributed by atoms with Gasteiger partial charge in [-0.1, -0.05) is 43.9 Å². The smallest absolute Gasteiger partial charge is 0.287 e. The first-order valence-electron chi connectivity index (χ1n) is 10.3. The number of amides is 2. The van der Waals surface area contributed by atoms with Crippen molar-refractivity contribution in [2.45, 2.75) is 51.5 Å². The molecule has 2 amide bonds. The van der Waals surface area contributed by atoms with E-state index in [2.05, 4.69) is 15.6 Å². The van der Waals surface area contributed by atoms with Gasteiger partial charge in [-0.05, 0) is 49.6 Å². The molecule has 1 aromatic carbocycles. The molecular formula is C23H26N4O2. The van der Waals surface area contributed by atoms with E-state index in [9.17, 15) is 9.59 Å². The lowest BCUT2D eigenvalue weighted by Crippen LogP contribution is -2.35. The summed E-state index contributed by atoms with van der Waals surface area (Å²) in [5.74, 6) is -0.306. The Morgan fingerprint density at radius 2 is 1.79 bits per heavy atom. The minimum absolute atomic E-state index is 0.172. The van der Waals surface area contributed by atoms with Gasteiger partial charge in [0.1, 0.15) is 0 Å². The number of carbonyl (C=O) groups is 2. The van der Waals surface area contributed by atoms with Crippen LogP contribution in [0, 0.1) is 6.92 Å². The third-order valence-corrected chi connectivity index (χ3v) is 5.43. The number of imidazole rings is 1. The maximum Gasteiger partial charge on any atom is 0.287 e. The Bertz CT molecular complexity index is 1030. The third kappa shape index (κ3) is 4.31. The normalized spacial score (nSPS) is 15.1. The Hall–Kier alpha value is -3.15. The highest BCUT2D eigenvalue weighted by Gasteiger charge is 2.23. The molecule has 0 aliphatic heterocycles. The van der Waals surface area contributed by atoms with Crippen molar-refractivity contribution in [2.24, 2.45) is 0 Å². The number of aromatic nitrogens is 2. The topological polar surface area (TPSA) is 75.5 Å². The third-order valence-electron chi connectivity index (χ3n) is 5.43. The fourth-order valence-electron chi connectivity index (χ4n) is 3.95. The number of nitrogens with one attached hydrogen (secondary N) is 2. The summed E-state index contributed by atoms with van der Waals surface area (Å²) in [5.41, 5.74) is 2.62. The minimum Gasteiger partial charge on any atom is -0.347 e. The van der Waals surface area contributed by atoms with Crippen molar-refractivity contribution >= 4 is 23.0 Å². The predicted molar refractivity (Wildman–Crippen MR) is 113 cm³/mol. The summed E-state index contributed by atoms with van der Waals surface area (Å²) in [6.07, 6.45) is 8.48. The van der Waals surface area contributed by atoms with Crippen LogP contribution in [0.3, 0.4) is 0 Å². The summed E-state index contributed by atoms with van der Waals surface area (Å²) < 4.78 is 1.69. The average Bonchev–Trinajstić information content (AvgIpc) is 2.91. The van der Waals surface area contributed by atoms with Gasteiger partial charge in [-0.3, -0.25) is 14.0 Å². The Balaban J connectivity index is 1.60. The van der Waals surface area contributed by atoms with Gasteiger partial charge in [-0.15, -0.1) is 0 Å². The average molecular weight is 390 g/mol. The van der Waals surface area contributed by atoms with Gasteiger partial charge >= 0.3 is 0 Å². The van der Waals surface area contributed by atoms with Crippen molar-refractivity contribution in [3.8, 4) is 0 Å². The molecule has 6 heteroatoms. The van der Waals surface area contributed by atoms with Gasteiger partial charge in [0, 0.05) is 17.9 Å². The van der Waals surface area contributed by atoms with Crippen LogP contribution in [0.15, 0.2) is 48.7 Å². The van der Waals surface area contributed by atoms with Crippen LogP contribution >= 0.6 is 0 Å². The molecule has 0 unspecified atom stereocenters. The summed E-state index contributed by atoms with van der Waals surface area (Å²) in [5, 5.41) is 6.01. The molecule has 1 aliphatic carbocycles. The van der Waals surface area contributed by atoms with E-state index in [4.69, 9.17) is 0 Å². The largest absolute Gasteiger partial charge is 0.347 e. The van der Waals surface area contributed by atoms with Gasteiger partial charge in [-0.2, -0.15) is 0 Å². The Morgan fingerprint density at radius 1 is 1.00 bits per heavy atom. The summed E-state index contributed by atoms with van der Waals surface area (Å²) in [7, 11) is 0. The van der Waals surface area contributed by atoms with Gasteiger partial charge in [0.25, 0.3) is 11.8 Å². The van der Waals surface area contributed by atoms with Crippen LogP contribution in [0.5, 0.6) is 0 Å². The molecule has 29 heavy (non-hydrogen) atoms. The second-order valence-corrected chi connectivity index (χ2v) is 7.73. The van der Waals surface area contributed by atoms with E-state index < -0.39 is 0 Å². The second kappa shape index (κ2) is 8.47. The molecule has 1 fully saturated rings. The standard InChI is InChI=1S/C23H26N4O2/c1-16-9-8-12-18(15-16)25-22(28)20-19-13-6-7-14-27(19)21(26-20)23(29)24-17-10-4-2-3-5-11-17/h6-9,12-15,17H,2-5,10-11H2,1H3,(H,24,29)(H,25,28). The molecule has 0 saturated heterocycles. The number of pyridine rings is 1. The Kier molecular flexibility index (Phi) is 5.60. The van der Waals surface area contributed by atoms with E-state index >= 15 is 0 Å². The monoisotopic (exact) mass is 390 g/mol. The van der Waals surface area contributed by atoms with Crippen LogP contribution < -0.4 is 10.6 Å². The number of fused-ring (bicyclic) bond motifs is 1. The van der Waals surface area contributed by atoms with Crippen LogP contribution in [-0.2, 0) is 0 Å². The molecule has 4 rings (SSSR count). The molecule has 0 atom stereocenters. The van der Waals surface area contributed by atoms with Gasteiger partial charge in [0.2, 0.25) is 5.82 Å². The van der Waals surface area contributed by atoms with E-state index in [0.717, 1.165) is 31.2 Å². The first-order chi connectivity index (χ1) is 14.1. The minimum atomic E-state index is -0.326. The van der Waals surface area contributed by atoms with E-state index in [1.807, 2.05) is 43.3 Å². The van der Waals surface area contributed by atoms with Crippen molar-refractivity contribution < 1.29 is 9.59 Å². The van der Waals surface area contributed by atoms with E-state index in [0.29, 0.717) is 11.2 Å². The summed E-state index contributed by atoms with van der Waals surface area (Å²) in [4.78, 5) is 30.3. The molecule has 0 spiro atoms. The molecule has 1 aliphatic rings. The Labute approximate surface area is 170 Å². The highest BCUT2D eigenvalue weighted by Crippen LogP contribution is 2.19. The van der Waals surface area contributed by atoms with Crippen LogP contribution in [0.1, 0.15) is 65.2 Å². The Morgan fingerprint density at radius 3 is 2.55 bits per heavy atom. The van der Waals surface area contributed by atoms with Gasteiger partial charge < -0.3 is 10.6 Å². The lowest BCUT2D eigenvalue weighted by atomic mass is 10.1. The lowest BCUT2D eigenvalue weighted by Gasteiger charge is -2.15. The van der Waals surface area contributed by atoms with Crippen LogP contribution in [-0.4, -0.2) is 27.2 Å². The number of benzene rings is 1. The summed E-state index contributed by atoms with van der Waals surface area (Å²) in [6, 6.07) is 13.2. The second-order valence-electron chi connectivity index (χ2n) is 7.73. The molecule has 0 radical (unpaired) electrons. The zero-order chi connectivity index (χ0) is 20.2. The maximum absolute atomic E-state index is 13.0. The number of hydrogen-bond acceptors (Lipinski definition) is 3. The van der Waals surface area contributed by atoms with Crippen molar-refractivity contribution in [1.82, 2.24) is 14.7 Å². The highest BCUT2D eigenvalue weighted by atomic mass is 16.2. The lowest BCUT2D eigenvalue weighted by molar-refractivity contribution is 0.0922. The molecule has 3 aromatic rings. The molecule has 0 bridgehead atoms. The number of rotatable bonds is 4. The zero-order valence-corrected chi connectivity index (χ0v) is 16.6. The van der Waals surface area contributed by atoms with Crippen molar-refractivity contribution in [2.75, 3.05) is 5.32 Å². The van der Waals surface area contributed by atoms with Gasteiger partial charge in [0.15, 0.2) is 5.69 Å². The van der Waals surface area contributed by atoms with Gasteiger partial charge in [-0.25, -0.2) is 4.98 Å². The van der Waals surface area contributed by atoms with Crippen molar-refractivity contribution in [1.29, 1.82) is 0 Å². The molecular weight excluding hydrogens is 364 g/mol. The molecule has 6 nitrogen and oxygen atoms in total. The maximum atomic E-state index is 13.0. The number of nitrogens with zero attached hydrogens (tertiary/aromatic N) is 2. The number of anilines is 1. The molecule has 1 saturated carbocycles. The number of aryl methyl sites for hydroxylation is 1. The van der Waals surface area contributed by atoms with E-state index in [-0.39, 0.29) is 29.4 Å². The predicted octanol–water partition coefficient (Wildman–Crippen LogP) is 4.35. The SMILES string of the molecule is Cc1cccc(NC(=O)c2nc(C(=O)NC3CCCCCC3)n3ccccc23)c1. The number of hydrogen-bond donors (Lipinski definition) is 2. The molecule has 2 heterocycles. The summed E-state index contributed by atoms with van der Waals surface area (Å²) >= 11 is 0. The van der Waals surface area contributed by atoms with Crippen molar-refractivity contribution in [3.05, 3.63) is 65.7 Å². The molecule has 150 valence electrons. The van der Waals surface area contributed by atoms with E-state index in [1.165, 1.54) is 12.8 Å². The van der Waals surface area contributed by atoms with Crippen LogP contribution in [0.2, 0.25) is 0 Å². The zero-order valence-electron chi connectivity index (χ0n) is 16.6. The fourth-order valence-corrected chi connectivity index (χ4v) is 3.95. The van der Waals surface area contributed by atoms with Crippen LogP contribution in [0.4, 0.5) is 5.69 Å². The first-order valence-corrected chi connectivity index (χ1v) is 10.3. The summed E-state index contributed by atoms with van der Waals surface area (Å²) in [6.45, 7) is 1.97. The van der Waals surface area contributed by atoms with E-state index in [1.54, 1.807) is 16.7 Å². The first kappa shape index (κ1) is 19.2. The quantitative estimate of drug-likeness (QED) is 0.651. The highest BCUT2D eigenvalue weighted by molar-refractivity contribution is 6.09.